The Labute approximate surface area is 139 Å². The fourth-order valence-electron chi connectivity index (χ4n) is 3.11. The molecule has 7 heteroatoms. The smallest absolute Gasteiger partial charge is 0.269 e. The number of likely N-dealkylation sites (tertiary alicyclic amines) is 1. The van der Waals surface area contributed by atoms with Crippen LogP contribution in [0.15, 0.2) is 30.3 Å². The van der Waals surface area contributed by atoms with E-state index in [4.69, 9.17) is 10.5 Å². The first-order valence-electron chi connectivity index (χ1n) is 7.91. The second-order valence-electron chi connectivity index (χ2n) is 5.78. The Morgan fingerprint density at radius 1 is 1.33 bits per heavy atom. The summed E-state index contributed by atoms with van der Waals surface area (Å²) in [6, 6.07) is 8.65. The van der Waals surface area contributed by atoms with Gasteiger partial charge in [-0.05, 0) is 37.5 Å². The van der Waals surface area contributed by atoms with E-state index in [2.05, 4.69) is 10.2 Å². The van der Waals surface area contributed by atoms with Crippen LogP contribution >= 0.6 is 0 Å². The molecule has 2 heterocycles. The van der Waals surface area contributed by atoms with Crippen molar-refractivity contribution in [2.45, 2.75) is 25.3 Å². The zero-order valence-electron chi connectivity index (χ0n) is 13.5. The van der Waals surface area contributed by atoms with Gasteiger partial charge in [0.05, 0.1) is 24.4 Å². The number of primary amides is 1. The van der Waals surface area contributed by atoms with E-state index in [0.717, 1.165) is 25.0 Å². The maximum atomic E-state index is 13.0. The van der Waals surface area contributed by atoms with Crippen LogP contribution < -0.4 is 10.5 Å². The number of carbonyl (C=O) groups is 2. The fraction of sp³-hybridized carbons (Fsp3) is 0.353. The number of hydrogen-bond acceptors (Lipinski definition) is 4. The summed E-state index contributed by atoms with van der Waals surface area (Å²) in [5, 5.41) is 6.77. The number of piperidine rings is 1. The molecule has 0 bridgehead atoms. The molecule has 1 aliphatic heterocycles. The van der Waals surface area contributed by atoms with Crippen LogP contribution in [-0.4, -0.2) is 40.6 Å². The molecule has 1 saturated heterocycles. The number of aromatic nitrogens is 2. The van der Waals surface area contributed by atoms with Gasteiger partial charge in [0.15, 0.2) is 0 Å². The molecule has 3 N–H and O–H groups in total. The average molecular weight is 328 g/mol. The summed E-state index contributed by atoms with van der Waals surface area (Å²) in [4.78, 5) is 26.1. The number of H-pyrrole nitrogens is 1. The highest BCUT2D eigenvalue weighted by Gasteiger charge is 2.31. The van der Waals surface area contributed by atoms with Crippen molar-refractivity contribution in [2.75, 3.05) is 13.7 Å². The number of amides is 2. The monoisotopic (exact) mass is 328 g/mol. The summed E-state index contributed by atoms with van der Waals surface area (Å²) in [6.45, 7) is 0.645. The second-order valence-corrected chi connectivity index (χ2v) is 5.78. The highest BCUT2D eigenvalue weighted by Crippen LogP contribution is 2.32. The van der Waals surface area contributed by atoms with Crippen LogP contribution in [0.3, 0.4) is 0 Å². The van der Waals surface area contributed by atoms with Gasteiger partial charge in [0.25, 0.3) is 11.8 Å². The molecule has 0 saturated carbocycles. The summed E-state index contributed by atoms with van der Waals surface area (Å²) < 4.78 is 5.30. The maximum Gasteiger partial charge on any atom is 0.269 e. The standard InChI is InChI=1S/C17H20N4O3/c1-24-15-8-3-2-6-11(15)17(23)21-9-5-4-7-14(21)12-10-13(16(18)22)20-19-12/h2-3,6,8,10,14H,4-5,7,9H2,1H3,(H2,18,22)(H,19,20)/t14-/m1/s1. The van der Waals surface area contributed by atoms with Gasteiger partial charge in [-0.15, -0.1) is 0 Å². The van der Waals surface area contributed by atoms with Gasteiger partial charge < -0.3 is 15.4 Å². The van der Waals surface area contributed by atoms with E-state index in [-0.39, 0.29) is 17.6 Å². The van der Waals surface area contributed by atoms with Crippen molar-refractivity contribution in [1.82, 2.24) is 15.1 Å². The summed E-state index contributed by atoms with van der Waals surface area (Å²) in [7, 11) is 1.55. The molecule has 1 aliphatic rings. The first-order valence-corrected chi connectivity index (χ1v) is 7.91. The van der Waals surface area contributed by atoms with Crippen molar-refractivity contribution in [3.8, 4) is 5.75 Å². The molecule has 3 rings (SSSR count). The van der Waals surface area contributed by atoms with E-state index < -0.39 is 5.91 Å². The molecule has 24 heavy (non-hydrogen) atoms. The van der Waals surface area contributed by atoms with E-state index >= 15 is 0 Å². The number of rotatable bonds is 4. The molecular formula is C17H20N4O3. The minimum absolute atomic E-state index is 0.0904. The Hall–Kier alpha value is -2.83. The van der Waals surface area contributed by atoms with Gasteiger partial charge >= 0.3 is 0 Å². The number of aromatic amines is 1. The Morgan fingerprint density at radius 3 is 2.83 bits per heavy atom. The average Bonchev–Trinajstić information content (AvgIpc) is 3.11. The first kappa shape index (κ1) is 16.0. The molecule has 7 nitrogen and oxygen atoms in total. The van der Waals surface area contributed by atoms with Crippen molar-refractivity contribution >= 4 is 11.8 Å². The van der Waals surface area contributed by atoms with Crippen LogP contribution in [0, 0.1) is 0 Å². The molecule has 1 aromatic heterocycles. The normalized spacial score (nSPS) is 17.5. The summed E-state index contributed by atoms with van der Waals surface area (Å²) >= 11 is 0. The topological polar surface area (TPSA) is 101 Å². The van der Waals surface area contributed by atoms with Crippen LogP contribution in [-0.2, 0) is 0 Å². The predicted molar refractivity (Wildman–Crippen MR) is 87.7 cm³/mol. The van der Waals surface area contributed by atoms with Gasteiger partial charge in [-0.25, -0.2) is 0 Å². The van der Waals surface area contributed by atoms with Crippen molar-refractivity contribution in [1.29, 1.82) is 0 Å². The van der Waals surface area contributed by atoms with E-state index in [9.17, 15) is 9.59 Å². The molecule has 0 spiro atoms. The SMILES string of the molecule is COc1ccccc1C(=O)N1CCCC[C@@H]1c1cc(C(N)=O)n[nH]1. The number of nitrogens with two attached hydrogens (primary N) is 1. The van der Waals surface area contributed by atoms with Crippen LogP contribution in [0.1, 0.15) is 51.8 Å². The Bertz CT molecular complexity index is 756. The van der Waals surface area contributed by atoms with Crippen LogP contribution in [0.4, 0.5) is 0 Å². The van der Waals surface area contributed by atoms with Crippen LogP contribution in [0.5, 0.6) is 5.75 Å². The molecule has 0 radical (unpaired) electrons. The minimum atomic E-state index is -0.587. The van der Waals surface area contributed by atoms with Gasteiger partial charge in [-0.3, -0.25) is 14.7 Å². The third-order valence-electron chi connectivity index (χ3n) is 4.31. The lowest BCUT2D eigenvalue weighted by Gasteiger charge is -2.35. The zero-order chi connectivity index (χ0) is 17.1. The van der Waals surface area contributed by atoms with Crippen LogP contribution in [0.25, 0.3) is 0 Å². The highest BCUT2D eigenvalue weighted by atomic mass is 16.5. The number of nitrogens with zero attached hydrogens (tertiary/aromatic N) is 2. The van der Waals surface area contributed by atoms with E-state index in [1.165, 1.54) is 0 Å². The Balaban J connectivity index is 1.91. The quantitative estimate of drug-likeness (QED) is 0.894. The van der Waals surface area contributed by atoms with Gasteiger partial charge in [0.1, 0.15) is 11.4 Å². The minimum Gasteiger partial charge on any atom is -0.496 e. The fourth-order valence-corrected chi connectivity index (χ4v) is 3.11. The molecule has 0 aliphatic carbocycles. The Kier molecular flexibility index (Phi) is 4.50. The second kappa shape index (κ2) is 6.74. The highest BCUT2D eigenvalue weighted by molar-refractivity contribution is 5.97. The first-order chi connectivity index (χ1) is 11.6. The largest absolute Gasteiger partial charge is 0.496 e. The molecule has 2 amide bonds. The molecule has 2 aromatic rings. The molecule has 1 atom stereocenters. The van der Waals surface area contributed by atoms with Gasteiger partial charge in [-0.2, -0.15) is 5.10 Å². The lowest BCUT2D eigenvalue weighted by molar-refractivity contribution is 0.0602. The number of para-hydroxylation sites is 1. The number of benzene rings is 1. The van der Waals surface area contributed by atoms with E-state index in [1.54, 1.807) is 30.2 Å². The summed E-state index contributed by atoms with van der Waals surface area (Å²) in [5.41, 5.74) is 6.70. The number of ether oxygens (including phenoxy) is 1. The van der Waals surface area contributed by atoms with E-state index in [0.29, 0.717) is 17.9 Å². The van der Waals surface area contributed by atoms with Crippen molar-refractivity contribution in [3.05, 3.63) is 47.3 Å². The van der Waals surface area contributed by atoms with Crippen molar-refractivity contribution in [2.24, 2.45) is 5.73 Å². The molecule has 126 valence electrons. The van der Waals surface area contributed by atoms with Gasteiger partial charge in [0, 0.05) is 6.54 Å². The molecule has 1 fully saturated rings. The van der Waals surface area contributed by atoms with E-state index in [1.807, 2.05) is 12.1 Å². The lowest BCUT2D eigenvalue weighted by Crippen LogP contribution is -2.38. The molecule has 0 unspecified atom stereocenters. The summed E-state index contributed by atoms with van der Waals surface area (Å²) in [5.74, 6) is -0.127. The van der Waals surface area contributed by atoms with Crippen molar-refractivity contribution in [3.63, 3.8) is 0 Å². The molecular weight excluding hydrogens is 308 g/mol. The lowest BCUT2D eigenvalue weighted by atomic mass is 9.97. The van der Waals surface area contributed by atoms with Crippen molar-refractivity contribution < 1.29 is 14.3 Å². The predicted octanol–water partition coefficient (Wildman–Crippen LogP) is 1.88. The molecule has 1 aromatic carbocycles. The third kappa shape index (κ3) is 2.97. The number of methoxy groups -OCH3 is 1. The third-order valence-corrected chi connectivity index (χ3v) is 4.31. The summed E-state index contributed by atoms with van der Waals surface area (Å²) in [6.07, 6.45) is 2.75. The van der Waals surface area contributed by atoms with Crippen LogP contribution in [0.2, 0.25) is 0 Å². The maximum absolute atomic E-state index is 13.0. The number of nitrogens with one attached hydrogen (secondary N) is 1. The van der Waals surface area contributed by atoms with Gasteiger partial charge in [0.2, 0.25) is 0 Å². The number of hydrogen-bond donors (Lipinski definition) is 2. The zero-order valence-corrected chi connectivity index (χ0v) is 13.5. The van der Waals surface area contributed by atoms with Gasteiger partial charge in [-0.1, -0.05) is 12.1 Å². The number of carbonyl (C=O) groups excluding carboxylic acids is 2. The Morgan fingerprint density at radius 2 is 2.12 bits per heavy atom.